The molecule has 0 aliphatic carbocycles. The topological polar surface area (TPSA) is 55.1 Å². The van der Waals surface area contributed by atoms with Crippen molar-refractivity contribution in [3.05, 3.63) is 0 Å². The molecule has 90 valence electrons. The number of carbonyl (C=O) groups excluding carboxylic acids is 1. The summed E-state index contributed by atoms with van der Waals surface area (Å²) in [6.45, 7) is 10.8. The fraction of sp³-hybridized carbons (Fsp3) is 0.917. The number of carbonyl (C=O) groups is 1. The van der Waals surface area contributed by atoms with E-state index in [4.69, 9.17) is 5.73 Å². The Labute approximate surface area is 93.8 Å². The van der Waals surface area contributed by atoms with E-state index in [1.54, 1.807) is 0 Å². The molecule has 0 heterocycles. The van der Waals surface area contributed by atoms with E-state index in [0.29, 0.717) is 24.8 Å². The maximum atomic E-state index is 11.6. The highest BCUT2D eigenvalue weighted by Crippen LogP contribution is 2.18. The average Bonchev–Trinajstić information content (AvgIpc) is 2.09. The Kier molecular flexibility index (Phi) is 5.88. The molecule has 3 N–H and O–H groups in total. The minimum atomic E-state index is -0.324. The van der Waals surface area contributed by atoms with Gasteiger partial charge in [0.2, 0.25) is 5.91 Å². The summed E-state index contributed by atoms with van der Waals surface area (Å²) in [6, 6.07) is 0. The second-order valence-corrected chi connectivity index (χ2v) is 5.38. The van der Waals surface area contributed by atoms with Crippen molar-refractivity contribution in [3.8, 4) is 0 Å². The van der Waals surface area contributed by atoms with Crippen LogP contribution in [0.2, 0.25) is 0 Å². The van der Waals surface area contributed by atoms with Crippen molar-refractivity contribution in [2.24, 2.45) is 17.6 Å². The third-order valence-corrected chi connectivity index (χ3v) is 2.66. The zero-order valence-electron chi connectivity index (χ0n) is 10.8. The van der Waals surface area contributed by atoms with Crippen molar-refractivity contribution < 1.29 is 4.79 Å². The van der Waals surface area contributed by atoms with E-state index in [0.717, 1.165) is 6.42 Å². The smallest absolute Gasteiger partial charge is 0.220 e. The van der Waals surface area contributed by atoms with Crippen LogP contribution in [0.25, 0.3) is 0 Å². The third kappa shape index (κ3) is 7.37. The number of amides is 1. The van der Waals surface area contributed by atoms with Crippen LogP contribution in [-0.4, -0.2) is 18.0 Å². The molecule has 0 aromatic heterocycles. The molecule has 1 atom stereocenters. The lowest BCUT2D eigenvalue weighted by Gasteiger charge is -2.22. The lowest BCUT2D eigenvalue weighted by molar-refractivity contribution is -0.122. The predicted octanol–water partition coefficient (Wildman–Crippen LogP) is 1.91. The van der Waals surface area contributed by atoms with Crippen LogP contribution in [0.15, 0.2) is 0 Å². The van der Waals surface area contributed by atoms with Gasteiger partial charge in [0, 0.05) is 18.5 Å². The van der Waals surface area contributed by atoms with E-state index in [1.807, 2.05) is 13.8 Å². The Morgan fingerprint density at radius 1 is 1.40 bits per heavy atom. The summed E-state index contributed by atoms with van der Waals surface area (Å²) in [5, 5.41) is 2.88. The average molecular weight is 214 g/mol. The summed E-state index contributed by atoms with van der Waals surface area (Å²) in [7, 11) is 0. The molecule has 0 bridgehead atoms. The van der Waals surface area contributed by atoms with Crippen molar-refractivity contribution >= 4 is 5.91 Å². The van der Waals surface area contributed by atoms with Crippen LogP contribution < -0.4 is 11.1 Å². The Hall–Kier alpha value is -0.570. The van der Waals surface area contributed by atoms with Crippen molar-refractivity contribution in [1.82, 2.24) is 5.32 Å². The largest absolute Gasteiger partial charge is 0.354 e. The molecule has 0 aliphatic rings. The Morgan fingerprint density at radius 2 is 1.93 bits per heavy atom. The Balaban J connectivity index is 3.92. The van der Waals surface area contributed by atoms with Crippen molar-refractivity contribution in [2.75, 3.05) is 6.54 Å². The first-order valence-corrected chi connectivity index (χ1v) is 5.82. The fourth-order valence-electron chi connectivity index (χ4n) is 1.49. The Morgan fingerprint density at radius 3 is 2.27 bits per heavy atom. The highest BCUT2D eigenvalue weighted by atomic mass is 16.1. The van der Waals surface area contributed by atoms with E-state index in [-0.39, 0.29) is 11.4 Å². The number of hydrogen-bond donors (Lipinski definition) is 2. The minimum absolute atomic E-state index is 0.120. The molecule has 0 aliphatic heterocycles. The first kappa shape index (κ1) is 14.4. The van der Waals surface area contributed by atoms with Crippen LogP contribution in [0.3, 0.4) is 0 Å². The van der Waals surface area contributed by atoms with Gasteiger partial charge in [0.05, 0.1) is 0 Å². The molecule has 0 fully saturated rings. The van der Waals surface area contributed by atoms with Crippen molar-refractivity contribution in [2.45, 2.75) is 53.0 Å². The first-order chi connectivity index (χ1) is 6.76. The van der Waals surface area contributed by atoms with Crippen LogP contribution in [-0.2, 0) is 4.79 Å². The lowest BCUT2D eigenvalue weighted by Crippen LogP contribution is -2.45. The molecule has 0 aromatic rings. The van der Waals surface area contributed by atoms with E-state index < -0.39 is 0 Å². The number of nitrogens with two attached hydrogens (primary N) is 1. The maximum Gasteiger partial charge on any atom is 0.220 e. The van der Waals surface area contributed by atoms with Gasteiger partial charge in [-0.25, -0.2) is 0 Å². The first-order valence-electron chi connectivity index (χ1n) is 5.82. The van der Waals surface area contributed by atoms with Crippen LogP contribution in [0.5, 0.6) is 0 Å². The molecule has 0 radical (unpaired) electrons. The summed E-state index contributed by atoms with van der Waals surface area (Å²) in [4.78, 5) is 11.6. The molecular weight excluding hydrogens is 188 g/mol. The van der Waals surface area contributed by atoms with E-state index in [1.165, 1.54) is 0 Å². The third-order valence-electron chi connectivity index (χ3n) is 2.66. The predicted molar refractivity (Wildman–Crippen MR) is 64.5 cm³/mol. The van der Waals surface area contributed by atoms with E-state index in [9.17, 15) is 4.79 Å². The van der Waals surface area contributed by atoms with Gasteiger partial charge in [0.15, 0.2) is 0 Å². The molecule has 0 aromatic carbocycles. The van der Waals surface area contributed by atoms with Gasteiger partial charge in [-0.3, -0.25) is 4.79 Å². The molecule has 3 nitrogen and oxygen atoms in total. The lowest BCUT2D eigenvalue weighted by atomic mass is 9.90. The minimum Gasteiger partial charge on any atom is -0.354 e. The zero-order valence-corrected chi connectivity index (χ0v) is 10.8. The summed E-state index contributed by atoms with van der Waals surface area (Å²) >= 11 is 0. The molecule has 0 saturated carbocycles. The van der Waals surface area contributed by atoms with Gasteiger partial charge in [-0.15, -0.1) is 0 Å². The van der Waals surface area contributed by atoms with Gasteiger partial charge in [-0.1, -0.05) is 27.2 Å². The van der Waals surface area contributed by atoms with E-state index in [2.05, 4.69) is 26.1 Å². The van der Waals surface area contributed by atoms with Crippen molar-refractivity contribution in [1.29, 1.82) is 0 Å². The molecule has 3 heteroatoms. The normalized spacial score (nSPS) is 14.1. The standard InChI is InChI=1S/C12H26N2O/c1-6-10(9(2)3)7-11(15)14-8-12(4,5)13/h9-10H,6-8,13H2,1-5H3,(H,14,15). The molecule has 0 spiro atoms. The summed E-state index contributed by atoms with van der Waals surface area (Å²) in [5.41, 5.74) is 5.47. The monoisotopic (exact) mass is 214 g/mol. The molecule has 1 amide bonds. The molecule has 0 saturated heterocycles. The number of nitrogens with one attached hydrogen (secondary N) is 1. The summed E-state index contributed by atoms with van der Waals surface area (Å²) in [6.07, 6.45) is 1.67. The zero-order chi connectivity index (χ0) is 12.1. The fourth-order valence-corrected chi connectivity index (χ4v) is 1.49. The van der Waals surface area contributed by atoms with Gasteiger partial charge in [0.1, 0.15) is 0 Å². The summed E-state index contributed by atoms with van der Waals surface area (Å²) < 4.78 is 0. The van der Waals surface area contributed by atoms with Gasteiger partial charge in [0.25, 0.3) is 0 Å². The number of hydrogen-bond acceptors (Lipinski definition) is 2. The van der Waals surface area contributed by atoms with Gasteiger partial charge < -0.3 is 11.1 Å². The second-order valence-electron chi connectivity index (χ2n) is 5.38. The molecular formula is C12H26N2O. The van der Waals surface area contributed by atoms with Crippen LogP contribution >= 0.6 is 0 Å². The highest BCUT2D eigenvalue weighted by Gasteiger charge is 2.17. The summed E-state index contributed by atoms with van der Waals surface area (Å²) in [5.74, 6) is 1.16. The van der Waals surface area contributed by atoms with Crippen LogP contribution in [0, 0.1) is 11.8 Å². The molecule has 15 heavy (non-hydrogen) atoms. The second kappa shape index (κ2) is 6.11. The maximum absolute atomic E-state index is 11.6. The Bertz CT molecular complexity index is 194. The van der Waals surface area contributed by atoms with Gasteiger partial charge >= 0.3 is 0 Å². The van der Waals surface area contributed by atoms with Crippen molar-refractivity contribution in [3.63, 3.8) is 0 Å². The highest BCUT2D eigenvalue weighted by molar-refractivity contribution is 5.76. The van der Waals surface area contributed by atoms with Crippen LogP contribution in [0.1, 0.15) is 47.5 Å². The quantitative estimate of drug-likeness (QED) is 0.709. The SMILES string of the molecule is CCC(CC(=O)NCC(C)(C)N)C(C)C. The van der Waals surface area contributed by atoms with Gasteiger partial charge in [-0.2, -0.15) is 0 Å². The van der Waals surface area contributed by atoms with E-state index >= 15 is 0 Å². The molecule has 0 rings (SSSR count). The molecule has 1 unspecified atom stereocenters. The van der Waals surface area contributed by atoms with Crippen LogP contribution in [0.4, 0.5) is 0 Å². The number of rotatable bonds is 6. The van der Waals surface area contributed by atoms with Gasteiger partial charge in [-0.05, 0) is 25.7 Å².